The second kappa shape index (κ2) is 5.33. The Bertz CT molecular complexity index is 337. The van der Waals surface area contributed by atoms with E-state index in [0.717, 1.165) is 5.69 Å². The van der Waals surface area contributed by atoms with Crippen LogP contribution in [0.4, 0.5) is 5.69 Å². The summed E-state index contributed by atoms with van der Waals surface area (Å²) in [5.41, 5.74) is 1.07. The highest BCUT2D eigenvalue weighted by molar-refractivity contribution is 7.99. The number of rotatable bonds is 2. The highest BCUT2D eigenvalue weighted by atomic mass is 35.5. The molecule has 1 heterocycles. The first-order valence-electron chi connectivity index (χ1n) is 5.05. The van der Waals surface area contributed by atoms with E-state index in [1.807, 2.05) is 30.0 Å². The molecule has 0 radical (unpaired) electrons. The molecular weight excluding hydrogens is 249 g/mol. The highest BCUT2D eigenvalue weighted by Gasteiger charge is 2.13. The minimum atomic E-state index is 0.570. The van der Waals surface area contributed by atoms with Crippen LogP contribution < -0.4 is 5.32 Å². The molecule has 1 aliphatic rings. The summed E-state index contributed by atoms with van der Waals surface area (Å²) in [4.78, 5) is 0. The molecule has 0 bridgehead atoms. The van der Waals surface area contributed by atoms with Crippen molar-refractivity contribution in [3.8, 4) is 0 Å². The van der Waals surface area contributed by atoms with E-state index in [4.69, 9.17) is 23.2 Å². The van der Waals surface area contributed by atoms with Crippen molar-refractivity contribution in [2.75, 3.05) is 16.8 Å². The maximum Gasteiger partial charge on any atom is 0.0612 e. The molecule has 1 N–H and O–H groups in total. The van der Waals surface area contributed by atoms with E-state index in [2.05, 4.69) is 5.32 Å². The molecule has 1 fully saturated rings. The summed E-state index contributed by atoms with van der Waals surface area (Å²) in [5.74, 6) is 2.47. The zero-order valence-corrected chi connectivity index (χ0v) is 10.6. The Morgan fingerprint density at radius 2 is 2.13 bits per heavy atom. The quantitative estimate of drug-likeness (QED) is 0.852. The van der Waals surface area contributed by atoms with Crippen LogP contribution in [0.5, 0.6) is 0 Å². The summed E-state index contributed by atoms with van der Waals surface area (Å²) in [6.07, 6.45) is 2.54. The van der Waals surface area contributed by atoms with Crippen molar-refractivity contribution in [1.82, 2.24) is 0 Å². The van der Waals surface area contributed by atoms with Crippen LogP contribution in [0.3, 0.4) is 0 Å². The number of nitrogens with one attached hydrogen (secondary N) is 1. The Morgan fingerprint density at radius 1 is 1.27 bits per heavy atom. The lowest BCUT2D eigenvalue weighted by Crippen LogP contribution is -2.25. The highest BCUT2D eigenvalue weighted by Crippen LogP contribution is 2.27. The fourth-order valence-corrected chi connectivity index (χ4v) is 3.05. The average Bonchev–Trinajstić information content (AvgIpc) is 2.25. The molecule has 0 aliphatic carbocycles. The number of anilines is 1. The van der Waals surface area contributed by atoms with Crippen LogP contribution in [-0.4, -0.2) is 17.5 Å². The molecule has 0 spiro atoms. The fourth-order valence-electron chi connectivity index (χ4n) is 1.68. The third-order valence-corrected chi connectivity index (χ3v) is 4.41. The van der Waals surface area contributed by atoms with Gasteiger partial charge in [0.2, 0.25) is 0 Å². The largest absolute Gasteiger partial charge is 0.381 e. The van der Waals surface area contributed by atoms with Gasteiger partial charge < -0.3 is 5.32 Å². The van der Waals surface area contributed by atoms with E-state index in [0.29, 0.717) is 16.1 Å². The van der Waals surface area contributed by atoms with Gasteiger partial charge in [0.1, 0.15) is 0 Å². The van der Waals surface area contributed by atoms with Crippen LogP contribution in [-0.2, 0) is 0 Å². The van der Waals surface area contributed by atoms with Crippen LogP contribution in [0.1, 0.15) is 12.8 Å². The van der Waals surface area contributed by atoms with Gasteiger partial charge >= 0.3 is 0 Å². The molecule has 82 valence electrons. The molecule has 1 atom stereocenters. The smallest absolute Gasteiger partial charge is 0.0612 e. The third kappa shape index (κ3) is 3.20. The van der Waals surface area contributed by atoms with E-state index in [1.54, 1.807) is 0 Å². The summed E-state index contributed by atoms with van der Waals surface area (Å²) in [5, 5.41) is 4.71. The van der Waals surface area contributed by atoms with Gasteiger partial charge in [0.05, 0.1) is 10.0 Å². The van der Waals surface area contributed by atoms with Gasteiger partial charge in [-0.1, -0.05) is 23.2 Å². The second-order valence-corrected chi connectivity index (χ2v) is 5.65. The van der Waals surface area contributed by atoms with Gasteiger partial charge in [-0.25, -0.2) is 0 Å². The Balaban J connectivity index is 2.00. The summed E-state index contributed by atoms with van der Waals surface area (Å²) < 4.78 is 0. The standard InChI is InChI=1S/C11H13Cl2NS/c12-10-4-3-8(6-11(10)13)14-9-2-1-5-15-7-9/h3-4,6,9,14H,1-2,5,7H2. The lowest BCUT2D eigenvalue weighted by molar-refractivity contribution is 0.685. The Hall–Kier alpha value is -0.0500. The van der Waals surface area contributed by atoms with Crippen molar-refractivity contribution in [3.05, 3.63) is 28.2 Å². The predicted molar refractivity (Wildman–Crippen MR) is 70.4 cm³/mol. The maximum atomic E-state index is 5.95. The van der Waals surface area contributed by atoms with Crippen molar-refractivity contribution in [2.45, 2.75) is 18.9 Å². The Kier molecular flexibility index (Phi) is 4.06. The molecule has 1 unspecified atom stereocenters. The molecule has 1 nitrogen and oxygen atoms in total. The molecule has 4 heteroatoms. The molecular formula is C11H13Cl2NS. The van der Waals surface area contributed by atoms with Crippen LogP contribution >= 0.6 is 35.0 Å². The normalized spacial score (nSPS) is 21.3. The number of hydrogen-bond acceptors (Lipinski definition) is 2. The summed E-state index contributed by atoms with van der Waals surface area (Å²) in [6, 6.07) is 6.28. The van der Waals surface area contributed by atoms with Crippen molar-refractivity contribution in [2.24, 2.45) is 0 Å². The first-order valence-corrected chi connectivity index (χ1v) is 6.96. The minimum Gasteiger partial charge on any atom is -0.381 e. The SMILES string of the molecule is Clc1ccc(NC2CCCSC2)cc1Cl. The van der Waals surface area contributed by atoms with Gasteiger partial charge in [0.25, 0.3) is 0 Å². The predicted octanol–water partition coefficient (Wildman–Crippen LogP) is 4.30. The van der Waals surface area contributed by atoms with Gasteiger partial charge in [-0.2, -0.15) is 11.8 Å². The number of hydrogen-bond donors (Lipinski definition) is 1. The van der Waals surface area contributed by atoms with Crippen LogP contribution in [0, 0.1) is 0 Å². The average molecular weight is 262 g/mol. The first-order chi connectivity index (χ1) is 7.25. The zero-order chi connectivity index (χ0) is 10.7. The van der Waals surface area contributed by atoms with Crippen molar-refractivity contribution < 1.29 is 0 Å². The molecule has 1 saturated heterocycles. The Morgan fingerprint density at radius 3 is 2.80 bits per heavy atom. The number of halogens is 2. The summed E-state index contributed by atoms with van der Waals surface area (Å²) >= 11 is 13.8. The fraction of sp³-hybridized carbons (Fsp3) is 0.455. The van der Waals surface area contributed by atoms with Crippen molar-refractivity contribution in [1.29, 1.82) is 0 Å². The second-order valence-electron chi connectivity index (χ2n) is 3.69. The minimum absolute atomic E-state index is 0.570. The lowest BCUT2D eigenvalue weighted by Gasteiger charge is -2.23. The van der Waals surface area contributed by atoms with Crippen LogP contribution in [0.2, 0.25) is 10.0 Å². The van der Waals surface area contributed by atoms with Crippen LogP contribution in [0.15, 0.2) is 18.2 Å². The zero-order valence-electron chi connectivity index (χ0n) is 8.30. The van der Waals surface area contributed by atoms with Crippen molar-refractivity contribution >= 4 is 40.7 Å². The van der Waals surface area contributed by atoms with Gasteiger partial charge in [0, 0.05) is 17.5 Å². The van der Waals surface area contributed by atoms with Gasteiger partial charge in [-0.05, 0) is 36.8 Å². The summed E-state index contributed by atoms with van der Waals surface area (Å²) in [6.45, 7) is 0. The molecule has 2 rings (SSSR count). The third-order valence-electron chi connectivity index (χ3n) is 2.45. The molecule has 0 amide bonds. The molecule has 1 aromatic rings. The van der Waals surface area contributed by atoms with E-state index < -0.39 is 0 Å². The van der Waals surface area contributed by atoms with Gasteiger partial charge in [-0.15, -0.1) is 0 Å². The first kappa shape index (κ1) is 11.4. The summed E-state index contributed by atoms with van der Waals surface area (Å²) in [7, 11) is 0. The van der Waals surface area contributed by atoms with Gasteiger partial charge in [-0.3, -0.25) is 0 Å². The number of benzene rings is 1. The molecule has 15 heavy (non-hydrogen) atoms. The molecule has 0 saturated carbocycles. The van der Waals surface area contributed by atoms with E-state index in [-0.39, 0.29) is 0 Å². The van der Waals surface area contributed by atoms with Crippen LogP contribution in [0.25, 0.3) is 0 Å². The van der Waals surface area contributed by atoms with Crippen molar-refractivity contribution in [3.63, 3.8) is 0 Å². The monoisotopic (exact) mass is 261 g/mol. The lowest BCUT2D eigenvalue weighted by atomic mass is 10.1. The molecule has 1 aliphatic heterocycles. The maximum absolute atomic E-state index is 5.95. The van der Waals surface area contributed by atoms with E-state index >= 15 is 0 Å². The Labute approximate surface area is 105 Å². The topological polar surface area (TPSA) is 12.0 Å². The van der Waals surface area contributed by atoms with Gasteiger partial charge in [0.15, 0.2) is 0 Å². The molecule has 1 aromatic carbocycles. The number of thioether (sulfide) groups is 1. The van der Waals surface area contributed by atoms with E-state index in [9.17, 15) is 0 Å². The molecule has 0 aromatic heterocycles. The van der Waals surface area contributed by atoms with E-state index in [1.165, 1.54) is 24.3 Å².